The number of nitrogens with zero attached hydrogens (tertiary/aromatic N) is 4. The molecular formula is C50H32N4O. The summed E-state index contributed by atoms with van der Waals surface area (Å²) in [5.41, 5.74) is 11.8. The van der Waals surface area contributed by atoms with Crippen molar-refractivity contribution in [1.29, 1.82) is 0 Å². The average molecular weight is 705 g/mol. The predicted molar refractivity (Wildman–Crippen MR) is 227 cm³/mol. The Morgan fingerprint density at radius 2 is 1.11 bits per heavy atom. The number of hydrogen-bond acceptors (Lipinski definition) is 4. The van der Waals surface area contributed by atoms with Crippen molar-refractivity contribution in [2.24, 2.45) is 0 Å². The quantitative estimate of drug-likeness (QED) is 0.173. The van der Waals surface area contributed by atoms with Crippen LogP contribution in [0.25, 0.3) is 83.0 Å². The lowest BCUT2D eigenvalue weighted by Crippen LogP contribution is -2.11. The van der Waals surface area contributed by atoms with Gasteiger partial charge in [-0.15, -0.1) is 0 Å². The zero-order valence-corrected chi connectivity index (χ0v) is 29.7. The molecular weight excluding hydrogens is 673 g/mol. The van der Waals surface area contributed by atoms with Crippen LogP contribution in [0.5, 0.6) is 0 Å². The second kappa shape index (κ2) is 12.6. The van der Waals surface area contributed by atoms with Gasteiger partial charge in [0, 0.05) is 49.4 Å². The molecule has 55 heavy (non-hydrogen) atoms. The summed E-state index contributed by atoms with van der Waals surface area (Å²) in [6.07, 6.45) is 0. The van der Waals surface area contributed by atoms with Gasteiger partial charge < -0.3 is 13.9 Å². The number of hydrogen-bond donors (Lipinski definition) is 0. The fourth-order valence-corrected chi connectivity index (χ4v) is 8.13. The van der Waals surface area contributed by atoms with Gasteiger partial charge in [0.05, 0.1) is 33.6 Å². The standard InChI is InChI=1S/C50H32N4O/c1-4-16-33(17-5-1)47-41-23-10-12-26-42(41)51-50(52-47)34-30-31-38-40-25-15-29-45(49(40)55-46(38)32-34)53(35-18-6-2-7-19-35)44-28-14-24-39-37-22-11-13-27-43(37)54(48(39)44)36-20-8-3-9-21-36/h1-32H. The third-order valence-corrected chi connectivity index (χ3v) is 10.6. The fourth-order valence-electron chi connectivity index (χ4n) is 8.13. The van der Waals surface area contributed by atoms with Crippen LogP contribution < -0.4 is 4.90 Å². The van der Waals surface area contributed by atoms with Gasteiger partial charge in [0.1, 0.15) is 5.58 Å². The molecule has 11 aromatic rings. The van der Waals surface area contributed by atoms with Crippen molar-refractivity contribution >= 4 is 71.7 Å². The van der Waals surface area contributed by atoms with Crippen LogP contribution in [0.4, 0.5) is 17.1 Å². The van der Waals surface area contributed by atoms with Crippen LogP contribution in [0.3, 0.4) is 0 Å². The van der Waals surface area contributed by atoms with Gasteiger partial charge in [-0.25, -0.2) is 9.97 Å². The van der Waals surface area contributed by atoms with Crippen LogP contribution in [0.2, 0.25) is 0 Å². The van der Waals surface area contributed by atoms with Gasteiger partial charge in [0.2, 0.25) is 0 Å². The number of aromatic nitrogens is 3. The molecule has 0 radical (unpaired) electrons. The molecule has 3 heterocycles. The third kappa shape index (κ3) is 5.02. The van der Waals surface area contributed by atoms with Crippen LogP contribution in [-0.4, -0.2) is 14.5 Å². The van der Waals surface area contributed by atoms with Crippen molar-refractivity contribution in [1.82, 2.24) is 14.5 Å². The molecule has 258 valence electrons. The number of fused-ring (bicyclic) bond motifs is 7. The highest BCUT2D eigenvalue weighted by molar-refractivity contribution is 6.16. The average Bonchev–Trinajstić information content (AvgIpc) is 3.81. The molecule has 5 heteroatoms. The van der Waals surface area contributed by atoms with Crippen molar-refractivity contribution in [2.45, 2.75) is 0 Å². The Hall–Kier alpha value is -7.50. The molecule has 3 aromatic heterocycles. The van der Waals surface area contributed by atoms with Crippen LogP contribution >= 0.6 is 0 Å². The Bertz CT molecular complexity index is 3200. The van der Waals surface area contributed by atoms with E-state index in [2.05, 4.69) is 173 Å². The second-order valence-corrected chi connectivity index (χ2v) is 13.8. The first-order chi connectivity index (χ1) is 27.3. The Morgan fingerprint density at radius 1 is 0.455 bits per heavy atom. The lowest BCUT2D eigenvalue weighted by Gasteiger charge is -2.27. The van der Waals surface area contributed by atoms with Gasteiger partial charge in [-0.2, -0.15) is 0 Å². The first-order valence-electron chi connectivity index (χ1n) is 18.5. The Kier molecular flexibility index (Phi) is 7.10. The lowest BCUT2D eigenvalue weighted by atomic mass is 10.0. The maximum Gasteiger partial charge on any atom is 0.160 e. The molecule has 0 N–H and O–H groups in total. The van der Waals surface area contributed by atoms with Crippen LogP contribution in [0.15, 0.2) is 199 Å². The van der Waals surface area contributed by atoms with Gasteiger partial charge in [0.25, 0.3) is 0 Å². The largest absolute Gasteiger partial charge is 0.454 e. The topological polar surface area (TPSA) is 47.1 Å². The summed E-state index contributed by atoms with van der Waals surface area (Å²) in [5, 5.41) is 5.49. The van der Waals surface area contributed by atoms with E-state index in [1.807, 2.05) is 30.3 Å². The molecule has 0 aliphatic carbocycles. The third-order valence-electron chi connectivity index (χ3n) is 10.6. The van der Waals surface area contributed by atoms with Crippen LogP contribution in [0, 0.1) is 0 Å². The molecule has 5 nitrogen and oxygen atoms in total. The molecule has 8 aromatic carbocycles. The van der Waals surface area contributed by atoms with E-state index in [-0.39, 0.29) is 0 Å². The van der Waals surface area contributed by atoms with E-state index in [0.29, 0.717) is 5.82 Å². The first-order valence-corrected chi connectivity index (χ1v) is 18.5. The molecule has 0 spiro atoms. The molecule has 0 aliphatic rings. The highest BCUT2D eigenvalue weighted by atomic mass is 16.3. The van der Waals surface area contributed by atoms with E-state index in [0.717, 1.165) is 83.4 Å². The maximum absolute atomic E-state index is 6.95. The summed E-state index contributed by atoms with van der Waals surface area (Å²) in [6.45, 7) is 0. The minimum Gasteiger partial charge on any atom is -0.454 e. The molecule has 0 atom stereocenters. The molecule has 0 amide bonds. The maximum atomic E-state index is 6.95. The van der Waals surface area contributed by atoms with Crippen molar-refractivity contribution in [3.8, 4) is 28.3 Å². The Balaban J connectivity index is 1.14. The first kappa shape index (κ1) is 31.1. The summed E-state index contributed by atoms with van der Waals surface area (Å²) in [4.78, 5) is 12.5. The lowest BCUT2D eigenvalue weighted by molar-refractivity contribution is 0.669. The van der Waals surface area contributed by atoms with E-state index < -0.39 is 0 Å². The highest BCUT2D eigenvalue weighted by Gasteiger charge is 2.24. The van der Waals surface area contributed by atoms with Crippen LogP contribution in [0.1, 0.15) is 0 Å². The zero-order valence-electron chi connectivity index (χ0n) is 29.7. The zero-order chi connectivity index (χ0) is 36.3. The summed E-state index contributed by atoms with van der Waals surface area (Å²) < 4.78 is 9.34. The minimum absolute atomic E-state index is 0.659. The monoisotopic (exact) mass is 704 g/mol. The summed E-state index contributed by atoms with van der Waals surface area (Å²) in [6, 6.07) is 67.7. The summed E-state index contributed by atoms with van der Waals surface area (Å²) in [5.74, 6) is 0.659. The molecule has 0 unspecified atom stereocenters. The Labute approximate surface area is 317 Å². The van der Waals surface area contributed by atoms with Gasteiger partial charge in [0.15, 0.2) is 11.4 Å². The number of benzene rings is 8. The normalized spacial score (nSPS) is 11.6. The summed E-state index contributed by atoms with van der Waals surface area (Å²) >= 11 is 0. The van der Waals surface area contributed by atoms with E-state index in [9.17, 15) is 0 Å². The fraction of sp³-hybridized carbons (Fsp3) is 0. The van der Waals surface area contributed by atoms with Gasteiger partial charge >= 0.3 is 0 Å². The SMILES string of the molecule is c1ccc(-c2nc(-c3ccc4c(c3)oc3c(N(c5ccccc5)c5cccc6c7ccccc7n(-c7ccccc7)c56)cccc34)nc3ccccc23)cc1. The highest BCUT2D eigenvalue weighted by Crippen LogP contribution is 2.46. The van der Waals surface area contributed by atoms with Crippen molar-refractivity contribution in [3.63, 3.8) is 0 Å². The summed E-state index contributed by atoms with van der Waals surface area (Å²) in [7, 11) is 0. The minimum atomic E-state index is 0.659. The van der Waals surface area contributed by atoms with Gasteiger partial charge in [-0.05, 0) is 60.7 Å². The van der Waals surface area contributed by atoms with E-state index in [1.165, 1.54) is 10.8 Å². The van der Waals surface area contributed by atoms with Crippen molar-refractivity contribution < 1.29 is 4.42 Å². The molecule has 0 aliphatic heterocycles. The molecule has 11 rings (SSSR count). The molecule has 0 bridgehead atoms. The molecule has 0 saturated heterocycles. The van der Waals surface area contributed by atoms with Crippen LogP contribution in [-0.2, 0) is 0 Å². The van der Waals surface area contributed by atoms with Gasteiger partial charge in [-0.1, -0.05) is 133 Å². The smallest absolute Gasteiger partial charge is 0.160 e. The Morgan fingerprint density at radius 3 is 1.93 bits per heavy atom. The number of furan rings is 1. The van der Waals surface area contributed by atoms with Crippen molar-refractivity contribution in [3.05, 3.63) is 194 Å². The van der Waals surface area contributed by atoms with E-state index in [4.69, 9.17) is 14.4 Å². The van der Waals surface area contributed by atoms with E-state index >= 15 is 0 Å². The van der Waals surface area contributed by atoms with Crippen molar-refractivity contribution in [2.75, 3.05) is 4.90 Å². The predicted octanol–water partition coefficient (Wildman–Crippen LogP) is 13.4. The van der Waals surface area contributed by atoms with E-state index in [1.54, 1.807) is 0 Å². The second-order valence-electron chi connectivity index (χ2n) is 13.8. The molecule has 0 saturated carbocycles. The number of para-hydroxylation sites is 6. The van der Waals surface area contributed by atoms with Gasteiger partial charge in [-0.3, -0.25) is 0 Å². The number of rotatable bonds is 6. The molecule has 0 fully saturated rings. The number of anilines is 3.